The summed E-state index contributed by atoms with van der Waals surface area (Å²) in [4.78, 5) is 0. The van der Waals surface area contributed by atoms with Crippen LogP contribution in [0.1, 0.15) is 6.42 Å². The summed E-state index contributed by atoms with van der Waals surface area (Å²) in [5.41, 5.74) is 1.04. The average Bonchev–Trinajstić information content (AvgIpc) is 2.57. The van der Waals surface area contributed by atoms with Gasteiger partial charge in [0.1, 0.15) is 17.2 Å². The standard InChI is InChI=1S/C18H21NO3/c1-3-4-13-20-16-9-11-18(12-10-16)22-14-21-17-7-5-15(19-2)6-8-17/h3,5-12,19H,1,4,13-14H2,2H3. The molecule has 2 aromatic rings. The van der Waals surface area contributed by atoms with Gasteiger partial charge in [0.2, 0.25) is 6.79 Å². The molecule has 0 saturated carbocycles. The second-order valence-corrected chi connectivity index (χ2v) is 4.58. The van der Waals surface area contributed by atoms with Crippen molar-refractivity contribution in [2.24, 2.45) is 0 Å². The largest absolute Gasteiger partial charge is 0.493 e. The van der Waals surface area contributed by atoms with Gasteiger partial charge >= 0.3 is 0 Å². The Bertz CT molecular complexity index is 564. The second-order valence-electron chi connectivity index (χ2n) is 4.58. The van der Waals surface area contributed by atoms with Gasteiger partial charge in [-0.1, -0.05) is 6.08 Å². The maximum absolute atomic E-state index is 5.54. The Morgan fingerprint density at radius 3 is 1.86 bits per heavy atom. The van der Waals surface area contributed by atoms with Gasteiger partial charge in [-0.25, -0.2) is 0 Å². The van der Waals surface area contributed by atoms with Gasteiger partial charge in [-0.2, -0.15) is 0 Å². The highest BCUT2D eigenvalue weighted by atomic mass is 16.7. The van der Waals surface area contributed by atoms with Crippen molar-refractivity contribution in [1.82, 2.24) is 0 Å². The normalized spacial score (nSPS) is 9.86. The molecule has 1 N–H and O–H groups in total. The molecule has 0 radical (unpaired) electrons. The zero-order valence-corrected chi connectivity index (χ0v) is 12.7. The maximum atomic E-state index is 5.54. The van der Waals surface area contributed by atoms with Crippen molar-refractivity contribution < 1.29 is 14.2 Å². The molecule has 2 aromatic carbocycles. The minimum Gasteiger partial charge on any atom is -0.493 e. The van der Waals surface area contributed by atoms with Crippen LogP contribution < -0.4 is 19.5 Å². The first-order valence-corrected chi connectivity index (χ1v) is 7.19. The molecule has 0 spiro atoms. The molecule has 0 aliphatic heterocycles. The summed E-state index contributed by atoms with van der Waals surface area (Å²) in [5.74, 6) is 2.32. The number of anilines is 1. The van der Waals surface area contributed by atoms with Gasteiger partial charge in [-0.05, 0) is 55.0 Å². The van der Waals surface area contributed by atoms with Gasteiger partial charge < -0.3 is 19.5 Å². The van der Waals surface area contributed by atoms with Gasteiger partial charge in [-0.3, -0.25) is 0 Å². The van der Waals surface area contributed by atoms with Crippen LogP contribution in [0.15, 0.2) is 61.2 Å². The van der Waals surface area contributed by atoms with Crippen molar-refractivity contribution in [3.8, 4) is 17.2 Å². The van der Waals surface area contributed by atoms with E-state index in [9.17, 15) is 0 Å². The fourth-order valence-electron chi connectivity index (χ4n) is 1.78. The zero-order valence-electron chi connectivity index (χ0n) is 12.7. The second kappa shape index (κ2) is 8.62. The Labute approximate surface area is 131 Å². The van der Waals surface area contributed by atoms with Crippen molar-refractivity contribution in [3.05, 3.63) is 61.2 Å². The highest BCUT2D eigenvalue weighted by Crippen LogP contribution is 2.19. The van der Waals surface area contributed by atoms with Crippen molar-refractivity contribution in [2.75, 3.05) is 25.8 Å². The van der Waals surface area contributed by atoms with Gasteiger partial charge in [0, 0.05) is 12.7 Å². The Morgan fingerprint density at radius 2 is 1.36 bits per heavy atom. The first kappa shape index (κ1) is 15.8. The van der Waals surface area contributed by atoms with E-state index in [1.807, 2.05) is 61.7 Å². The average molecular weight is 299 g/mol. The number of hydrogen-bond acceptors (Lipinski definition) is 4. The SMILES string of the molecule is C=CCCOc1ccc(OCOc2ccc(NC)cc2)cc1. The van der Waals surface area contributed by atoms with Crippen LogP contribution in [0.2, 0.25) is 0 Å². The number of rotatable bonds is 9. The third-order valence-electron chi connectivity index (χ3n) is 3.01. The number of nitrogens with one attached hydrogen (secondary N) is 1. The summed E-state index contributed by atoms with van der Waals surface area (Å²) in [7, 11) is 1.88. The Kier molecular flexibility index (Phi) is 6.18. The van der Waals surface area contributed by atoms with Crippen LogP contribution in [0, 0.1) is 0 Å². The molecule has 0 unspecified atom stereocenters. The summed E-state index contributed by atoms with van der Waals surface area (Å²) in [6.45, 7) is 4.45. The number of benzene rings is 2. The van der Waals surface area contributed by atoms with E-state index in [0.717, 1.165) is 29.4 Å². The third kappa shape index (κ3) is 5.05. The molecule has 0 amide bonds. The lowest BCUT2D eigenvalue weighted by Crippen LogP contribution is -2.05. The van der Waals surface area contributed by atoms with E-state index in [4.69, 9.17) is 14.2 Å². The van der Waals surface area contributed by atoms with Gasteiger partial charge in [-0.15, -0.1) is 6.58 Å². The number of ether oxygens (including phenoxy) is 3. The Morgan fingerprint density at radius 1 is 0.864 bits per heavy atom. The van der Waals surface area contributed by atoms with Crippen LogP contribution in [-0.4, -0.2) is 20.4 Å². The predicted octanol–water partition coefficient (Wildman–Crippen LogP) is 4.10. The molecule has 0 aliphatic carbocycles. The first-order valence-electron chi connectivity index (χ1n) is 7.19. The van der Waals surface area contributed by atoms with E-state index in [0.29, 0.717) is 6.61 Å². The molecule has 2 rings (SSSR count). The summed E-state index contributed by atoms with van der Waals surface area (Å²) in [6.07, 6.45) is 2.66. The van der Waals surface area contributed by atoms with Gasteiger partial charge in [0.25, 0.3) is 0 Å². The molecule has 4 nitrogen and oxygen atoms in total. The molecule has 0 fully saturated rings. The van der Waals surface area contributed by atoms with E-state index in [-0.39, 0.29) is 6.79 Å². The van der Waals surface area contributed by atoms with E-state index in [1.54, 1.807) is 0 Å². The van der Waals surface area contributed by atoms with E-state index >= 15 is 0 Å². The van der Waals surface area contributed by atoms with Crippen LogP contribution in [-0.2, 0) is 0 Å². The van der Waals surface area contributed by atoms with Crippen LogP contribution in [0.4, 0.5) is 5.69 Å². The van der Waals surface area contributed by atoms with Crippen LogP contribution in [0.3, 0.4) is 0 Å². The lowest BCUT2D eigenvalue weighted by Gasteiger charge is -2.10. The highest BCUT2D eigenvalue weighted by Gasteiger charge is 1.98. The first-order chi connectivity index (χ1) is 10.8. The van der Waals surface area contributed by atoms with Crippen LogP contribution in [0.25, 0.3) is 0 Å². The van der Waals surface area contributed by atoms with Gasteiger partial charge in [0.05, 0.1) is 6.61 Å². The molecule has 0 atom stereocenters. The number of hydrogen-bond donors (Lipinski definition) is 1. The van der Waals surface area contributed by atoms with E-state index in [2.05, 4.69) is 11.9 Å². The minimum atomic E-state index is 0.162. The Hall–Kier alpha value is -2.62. The molecule has 0 heterocycles. The zero-order chi connectivity index (χ0) is 15.6. The lowest BCUT2D eigenvalue weighted by molar-refractivity contribution is 0.120. The summed E-state index contributed by atoms with van der Waals surface area (Å²) >= 11 is 0. The summed E-state index contributed by atoms with van der Waals surface area (Å²) in [5, 5.41) is 3.06. The summed E-state index contributed by atoms with van der Waals surface area (Å²) < 4.78 is 16.6. The van der Waals surface area contributed by atoms with Crippen molar-refractivity contribution in [1.29, 1.82) is 0 Å². The smallest absolute Gasteiger partial charge is 0.230 e. The molecule has 0 bridgehead atoms. The predicted molar refractivity (Wildman–Crippen MR) is 88.9 cm³/mol. The van der Waals surface area contributed by atoms with Crippen LogP contribution in [0.5, 0.6) is 17.2 Å². The van der Waals surface area contributed by atoms with Crippen molar-refractivity contribution in [3.63, 3.8) is 0 Å². The molecule has 0 aromatic heterocycles. The molecular weight excluding hydrogens is 278 g/mol. The third-order valence-corrected chi connectivity index (χ3v) is 3.01. The maximum Gasteiger partial charge on any atom is 0.230 e. The fourth-order valence-corrected chi connectivity index (χ4v) is 1.78. The fraction of sp³-hybridized carbons (Fsp3) is 0.222. The monoisotopic (exact) mass is 299 g/mol. The molecule has 116 valence electrons. The Balaban J connectivity index is 1.75. The van der Waals surface area contributed by atoms with Crippen molar-refractivity contribution in [2.45, 2.75) is 6.42 Å². The molecule has 22 heavy (non-hydrogen) atoms. The molecule has 4 heteroatoms. The van der Waals surface area contributed by atoms with E-state index < -0.39 is 0 Å². The van der Waals surface area contributed by atoms with Crippen LogP contribution >= 0.6 is 0 Å². The molecular formula is C18H21NO3. The minimum absolute atomic E-state index is 0.162. The van der Waals surface area contributed by atoms with Crippen molar-refractivity contribution >= 4 is 5.69 Å². The highest BCUT2D eigenvalue weighted by molar-refractivity contribution is 5.45. The van der Waals surface area contributed by atoms with Gasteiger partial charge in [0.15, 0.2) is 0 Å². The quantitative estimate of drug-likeness (QED) is 0.430. The van der Waals surface area contributed by atoms with E-state index in [1.165, 1.54) is 0 Å². The summed E-state index contributed by atoms with van der Waals surface area (Å²) in [6, 6.07) is 15.2. The lowest BCUT2D eigenvalue weighted by atomic mass is 10.3. The topological polar surface area (TPSA) is 39.7 Å². The molecule has 0 aliphatic rings. The molecule has 0 saturated heterocycles.